The number of rotatable bonds is 1. The maximum Gasteiger partial charge on any atom is 0.150 e. The predicted octanol–water partition coefficient (Wildman–Crippen LogP) is 1.42. The van der Waals surface area contributed by atoms with Crippen LogP contribution in [0.3, 0.4) is 0 Å². The first kappa shape index (κ1) is 7.65. The number of nitrogens with zero attached hydrogens (tertiary/aromatic N) is 2. The molecule has 0 radical (unpaired) electrons. The van der Waals surface area contributed by atoms with Crippen molar-refractivity contribution >= 4 is 5.71 Å². The third-order valence-corrected chi connectivity index (χ3v) is 1.31. The smallest absolute Gasteiger partial charge is 0.150 e. The minimum atomic E-state index is -0.484. The molecule has 0 aliphatic heterocycles. The molecule has 0 spiro atoms. The van der Waals surface area contributed by atoms with E-state index >= 15 is 0 Å². The predicted molar refractivity (Wildman–Crippen MR) is 38.2 cm³/mol. The Balaban J connectivity index is 3.14. The van der Waals surface area contributed by atoms with E-state index in [0.29, 0.717) is 0 Å². The Morgan fingerprint density at radius 1 is 1.73 bits per heavy atom. The van der Waals surface area contributed by atoms with E-state index in [0.717, 1.165) is 6.20 Å². The van der Waals surface area contributed by atoms with Gasteiger partial charge in [-0.25, -0.2) is 4.39 Å². The minimum Gasteiger partial charge on any atom is -0.411 e. The summed E-state index contributed by atoms with van der Waals surface area (Å²) < 4.78 is 12.8. The van der Waals surface area contributed by atoms with Crippen molar-refractivity contribution in [2.24, 2.45) is 5.16 Å². The maximum atomic E-state index is 12.8. The number of aromatic nitrogens is 1. The van der Waals surface area contributed by atoms with E-state index in [-0.39, 0.29) is 11.3 Å². The zero-order valence-corrected chi connectivity index (χ0v) is 5.95. The highest BCUT2D eigenvalue weighted by Crippen LogP contribution is 2.04. The SMILES string of the molecule is CC(=NO)c1ccncc1F. The summed E-state index contributed by atoms with van der Waals surface area (Å²) in [5.74, 6) is -0.484. The first-order valence-electron chi connectivity index (χ1n) is 3.04. The van der Waals surface area contributed by atoms with Gasteiger partial charge in [0.05, 0.1) is 11.9 Å². The topological polar surface area (TPSA) is 45.5 Å². The van der Waals surface area contributed by atoms with E-state index in [4.69, 9.17) is 5.21 Å². The molecule has 0 aliphatic rings. The Morgan fingerprint density at radius 3 is 3.00 bits per heavy atom. The highest BCUT2D eigenvalue weighted by molar-refractivity contribution is 5.98. The fourth-order valence-corrected chi connectivity index (χ4v) is 0.722. The lowest BCUT2D eigenvalue weighted by Gasteiger charge is -1.97. The number of pyridine rings is 1. The second kappa shape index (κ2) is 3.09. The van der Waals surface area contributed by atoms with Crippen LogP contribution < -0.4 is 0 Å². The molecule has 1 aromatic rings. The fourth-order valence-electron chi connectivity index (χ4n) is 0.722. The van der Waals surface area contributed by atoms with Gasteiger partial charge in [-0.2, -0.15) is 0 Å². The molecule has 3 nitrogen and oxygen atoms in total. The quantitative estimate of drug-likeness (QED) is 0.377. The average molecular weight is 154 g/mol. The molecule has 0 saturated carbocycles. The summed E-state index contributed by atoms with van der Waals surface area (Å²) in [4.78, 5) is 3.55. The molecule has 0 amide bonds. The molecule has 0 saturated heterocycles. The number of hydrogen-bond acceptors (Lipinski definition) is 3. The van der Waals surface area contributed by atoms with Crippen LogP contribution in [0.1, 0.15) is 12.5 Å². The molecule has 0 bridgehead atoms. The molecule has 1 heterocycles. The van der Waals surface area contributed by atoms with Crippen LogP contribution in [0.25, 0.3) is 0 Å². The number of hydrogen-bond donors (Lipinski definition) is 1. The Labute approximate surface area is 63.2 Å². The van der Waals surface area contributed by atoms with E-state index in [1.807, 2.05) is 0 Å². The molecule has 0 atom stereocenters. The summed E-state index contributed by atoms with van der Waals surface area (Å²) in [7, 11) is 0. The molecule has 4 heteroatoms. The highest BCUT2D eigenvalue weighted by Gasteiger charge is 2.03. The van der Waals surface area contributed by atoms with Crippen molar-refractivity contribution in [1.82, 2.24) is 4.98 Å². The van der Waals surface area contributed by atoms with Gasteiger partial charge in [-0.3, -0.25) is 4.98 Å². The third kappa shape index (κ3) is 1.52. The van der Waals surface area contributed by atoms with Crippen molar-refractivity contribution in [3.8, 4) is 0 Å². The van der Waals surface area contributed by atoms with E-state index in [1.54, 1.807) is 0 Å². The van der Waals surface area contributed by atoms with E-state index < -0.39 is 5.82 Å². The highest BCUT2D eigenvalue weighted by atomic mass is 19.1. The van der Waals surface area contributed by atoms with Crippen LogP contribution in [0.2, 0.25) is 0 Å². The van der Waals surface area contributed by atoms with Gasteiger partial charge in [0.25, 0.3) is 0 Å². The molecule has 0 aliphatic carbocycles. The Kier molecular flexibility index (Phi) is 2.15. The van der Waals surface area contributed by atoms with Crippen molar-refractivity contribution in [2.75, 3.05) is 0 Å². The Morgan fingerprint density at radius 2 is 2.45 bits per heavy atom. The first-order chi connectivity index (χ1) is 5.25. The van der Waals surface area contributed by atoms with Crippen LogP contribution >= 0.6 is 0 Å². The molecule has 1 N–H and O–H groups in total. The standard InChI is InChI=1S/C7H7FN2O/c1-5(10-11)6-2-3-9-4-7(6)8/h2-4,11H,1H3. The van der Waals surface area contributed by atoms with Gasteiger partial charge in [-0.1, -0.05) is 5.16 Å². The molecule has 0 fully saturated rings. The monoisotopic (exact) mass is 154 g/mol. The van der Waals surface area contributed by atoms with Crippen LogP contribution in [-0.4, -0.2) is 15.9 Å². The summed E-state index contributed by atoms with van der Waals surface area (Å²) in [6, 6.07) is 1.45. The van der Waals surface area contributed by atoms with Gasteiger partial charge in [0.2, 0.25) is 0 Å². The van der Waals surface area contributed by atoms with Crippen LogP contribution in [0.4, 0.5) is 4.39 Å². The average Bonchev–Trinajstić information content (AvgIpc) is 2.04. The maximum absolute atomic E-state index is 12.8. The Bertz CT molecular complexity index is 286. The van der Waals surface area contributed by atoms with E-state index in [9.17, 15) is 4.39 Å². The van der Waals surface area contributed by atoms with E-state index in [2.05, 4.69) is 10.1 Å². The Hall–Kier alpha value is -1.45. The van der Waals surface area contributed by atoms with Crippen LogP contribution in [0.15, 0.2) is 23.6 Å². The minimum absolute atomic E-state index is 0.241. The van der Waals surface area contributed by atoms with Gasteiger partial charge < -0.3 is 5.21 Å². The molecule has 0 aromatic carbocycles. The van der Waals surface area contributed by atoms with Gasteiger partial charge in [-0.15, -0.1) is 0 Å². The summed E-state index contributed by atoms with van der Waals surface area (Å²) >= 11 is 0. The van der Waals surface area contributed by atoms with Crippen molar-refractivity contribution in [1.29, 1.82) is 0 Å². The fraction of sp³-hybridized carbons (Fsp3) is 0.143. The summed E-state index contributed by atoms with van der Waals surface area (Å²) in [5, 5.41) is 11.2. The largest absolute Gasteiger partial charge is 0.411 e. The molecule has 1 aromatic heterocycles. The normalized spacial score (nSPS) is 11.6. The zero-order valence-electron chi connectivity index (χ0n) is 5.95. The molecule has 58 valence electrons. The third-order valence-electron chi connectivity index (χ3n) is 1.31. The molecule has 1 rings (SSSR count). The number of halogens is 1. The molecular formula is C7H7FN2O. The van der Waals surface area contributed by atoms with Crippen molar-refractivity contribution in [3.05, 3.63) is 29.8 Å². The second-order valence-corrected chi connectivity index (χ2v) is 2.04. The van der Waals surface area contributed by atoms with Gasteiger partial charge in [0.1, 0.15) is 0 Å². The van der Waals surface area contributed by atoms with Crippen molar-refractivity contribution < 1.29 is 9.60 Å². The molecule has 0 unspecified atom stereocenters. The molecular weight excluding hydrogens is 147 g/mol. The molecule has 11 heavy (non-hydrogen) atoms. The lowest BCUT2D eigenvalue weighted by atomic mass is 10.2. The lowest BCUT2D eigenvalue weighted by molar-refractivity contribution is 0.319. The summed E-state index contributed by atoms with van der Waals surface area (Å²) in [6.45, 7) is 1.51. The van der Waals surface area contributed by atoms with Gasteiger partial charge in [-0.05, 0) is 13.0 Å². The van der Waals surface area contributed by atoms with Crippen LogP contribution in [-0.2, 0) is 0 Å². The lowest BCUT2D eigenvalue weighted by Crippen LogP contribution is -1.98. The summed E-state index contributed by atoms with van der Waals surface area (Å²) in [6.07, 6.45) is 2.51. The zero-order chi connectivity index (χ0) is 8.27. The van der Waals surface area contributed by atoms with Gasteiger partial charge in [0.15, 0.2) is 5.82 Å². The summed E-state index contributed by atoms with van der Waals surface area (Å²) in [5.41, 5.74) is 0.507. The second-order valence-electron chi connectivity index (χ2n) is 2.04. The van der Waals surface area contributed by atoms with E-state index in [1.165, 1.54) is 19.2 Å². The van der Waals surface area contributed by atoms with Crippen molar-refractivity contribution in [3.63, 3.8) is 0 Å². The van der Waals surface area contributed by atoms with Crippen LogP contribution in [0.5, 0.6) is 0 Å². The van der Waals surface area contributed by atoms with Crippen molar-refractivity contribution in [2.45, 2.75) is 6.92 Å². The van der Waals surface area contributed by atoms with Crippen LogP contribution in [0, 0.1) is 5.82 Å². The van der Waals surface area contributed by atoms with Gasteiger partial charge >= 0.3 is 0 Å². The van der Waals surface area contributed by atoms with Gasteiger partial charge in [0, 0.05) is 11.8 Å². The number of oxime groups is 1. The first-order valence-corrected chi connectivity index (χ1v) is 3.04.